The van der Waals surface area contributed by atoms with Crippen molar-refractivity contribution in [2.45, 2.75) is 108 Å². The van der Waals surface area contributed by atoms with Crippen molar-refractivity contribution in [2.24, 2.45) is 22.9 Å². The molecule has 7 rings (SSSR count). The van der Waals surface area contributed by atoms with Gasteiger partial charge in [0, 0.05) is 44.1 Å². The van der Waals surface area contributed by atoms with Crippen molar-refractivity contribution in [3.63, 3.8) is 0 Å². The van der Waals surface area contributed by atoms with Gasteiger partial charge in [0.25, 0.3) is 0 Å². The molecule has 4 aliphatic rings. The summed E-state index contributed by atoms with van der Waals surface area (Å²) in [6, 6.07) is 23.7. The van der Waals surface area contributed by atoms with E-state index >= 15 is 0 Å². The number of unbranched alkanes of at least 4 members (excludes halogenated alkanes) is 2. The van der Waals surface area contributed by atoms with Crippen molar-refractivity contribution in [3.05, 3.63) is 115 Å². The Labute approximate surface area is 373 Å². The van der Waals surface area contributed by atoms with Crippen LogP contribution in [0.25, 0.3) is 11.1 Å². The molecule has 2 fully saturated rings. The van der Waals surface area contributed by atoms with E-state index in [4.69, 9.17) is 33.7 Å². The van der Waals surface area contributed by atoms with E-state index in [1.807, 2.05) is 49.4 Å². The Morgan fingerprint density at radius 3 is 2.41 bits per heavy atom. The van der Waals surface area contributed by atoms with Gasteiger partial charge >= 0.3 is 6.09 Å². The number of amides is 1. The number of hydrogen-bond acceptors (Lipinski definition) is 10. The van der Waals surface area contributed by atoms with E-state index in [9.17, 15) is 15.0 Å². The van der Waals surface area contributed by atoms with E-state index in [2.05, 4.69) is 49.6 Å². The van der Waals surface area contributed by atoms with Gasteiger partial charge in [-0.3, -0.25) is 4.90 Å². The smallest absolute Gasteiger partial charge is 0.410 e. The summed E-state index contributed by atoms with van der Waals surface area (Å²) in [7, 11) is 0. The highest BCUT2D eigenvalue weighted by atomic mass is 16.8. The van der Waals surface area contributed by atoms with E-state index < -0.39 is 30.1 Å². The Morgan fingerprint density at radius 2 is 1.70 bits per heavy atom. The number of aliphatic hydroxyl groups is 2. The second-order valence-corrected chi connectivity index (χ2v) is 17.1. The maximum atomic E-state index is 14.3. The van der Waals surface area contributed by atoms with E-state index in [0.717, 1.165) is 72.9 Å². The number of carbonyl (C=O) groups is 1. The minimum Gasteiger partial charge on any atom is -0.459 e. The highest BCUT2D eigenvalue weighted by Crippen LogP contribution is 2.62. The molecular formula is C52H66N2O9. The number of nitrogens with zero attached hydrogens (tertiary/aromatic N) is 2. The fourth-order valence-corrected chi connectivity index (χ4v) is 10.0. The number of ether oxygens (including phenoxy) is 5. The third-order valence-corrected chi connectivity index (χ3v) is 12.9. The lowest BCUT2D eigenvalue weighted by molar-refractivity contribution is -0.255. The molecule has 63 heavy (non-hydrogen) atoms. The van der Waals surface area contributed by atoms with E-state index in [0.29, 0.717) is 56.1 Å². The lowest BCUT2D eigenvalue weighted by atomic mass is 9.55. The van der Waals surface area contributed by atoms with E-state index in [-0.39, 0.29) is 50.6 Å². The highest BCUT2D eigenvalue weighted by Gasteiger charge is 2.65. The molecule has 1 saturated carbocycles. The van der Waals surface area contributed by atoms with Gasteiger partial charge in [0.1, 0.15) is 23.3 Å². The predicted octanol–water partition coefficient (Wildman–Crippen LogP) is 10.7. The standard InChI is InChI=1S/C52H66N2O9/c1-4-7-32-59-51(57)54(28-5-2)47-36-45(53-63-48-21-13-16-33-58-48)43-34-39(19-11-14-29-55)42(20-12-15-30-56)49-44-35-41(26-27-46(44)62-52(47,50(43)49)60-31-6-3)61-40-24-22-38(23-25-40)37-17-9-8-10-18-37/h4,6,8-10,17-18,22-27,34-35,39,42,47-50,55-56H,1,3,5,7,11-16,19-21,28-33,36H2,2H3/t39-,42+,47-,48?,49+,50+,52+/m0/s1. The van der Waals surface area contributed by atoms with Gasteiger partial charge in [0.15, 0.2) is 0 Å². The molecule has 2 aliphatic heterocycles. The zero-order valence-electron chi connectivity index (χ0n) is 36.9. The topological polar surface area (TPSA) is 129 Å². The Balaban J connectivity index is 1.39. The molecule has 11 heteroatoms. The number of fused-ring (bicyclic) bond motifs is 2. The normalized spacial score (nSPS) is 25.4. The van der Waals surface area contributed by atoms with Gasteiger partial charge in [-0.1, -0.05) is 85.6 Å². The van der Waals surface area contributed by atoms with Crippen molar-refractivity contribution < 1.29 is 43.5 Å². The van der Waals surface area contributed by atoms with Crippen LogP contribution in [0, 0.1) is 17.8 Å². The Kier molecular flexibility index (Phi) is 16.5. The summed E-state index contributed by atoms with van der Waals surface area (Å²) in [6.07, 6.45) is 13.7. The molecule has 3 aromatic rings. The summed E-state index contributed by atoms with van der Waals surface area (Å²) in [5.74, 6) is 0.165. The van der Waals surface area contributed by atoms with Gasteiger partial charge in [-0.05, 0) is 110 Å². The van der Waals surface area contributed by atoms with Crippen LogP contribution in [-0.4, -0.2) is 84.6 Å². The quantitative estimate of drug-likeness (QED) is 0.0576. The van der Waals surface area contributed by atoms with E-state index in [1.165, 1.54) is 0 Å². The monoisotopic (exact) mass is 862 g/mol. The number of allylic oxidation sites excluding steroid dienone is 1. The zero-order chi connectivity index (χ0) is 44.0. The van der Waals surface area contributed by atoms with Crippen LogP contribution in [0.15, 0.2) is 115 Å². The minimum atomic E-state index is -1.38. The summed E-state index contributed by atoms with van der Waals surface area (Å²) in [5, 5.41) is 24.9. The average molecular weight is 863 g/mol. The maximum absolute atomic E-state index is 14.3. The van der Waals surface area contributed by atoms with Crippen LogP contribution in [-0.2, 0) is 19.0 Å². The van der Waals surface area contributed by atoms with Crippen LogP contribution in [0.1, 0.15) is 95.5 Å². The molecule has 1 unspecified atom stereocenters. The number of carbonyl (C=O) groups excluding carboxylic acids is 1. The predicted molar refractivity (Wildman–Crippen MR) is 245 cm³/mol. The molecule has 2 N–H and O–H groups in total. The largest absolute Gasteiger partial charge is 0.459 e. The first-order valence-corrected chi connectivity index (χ1v) is 23.2. The minimum absolute atomic E-state index is 0.0699. The number of oxime groups is 1. The molecule has 7 atom stereocenters. The Hall–Kier alpha value is -4.94. The third-order valence-electron chi connectivity index (χ3n) is 12.9. The molecule has 1 amide bonds. The molecule has 3 aromatic carbocycles. The molecule has 0 radical (unpaired) electrons. The van der Waals surface area contributed by atoms with Gasteiger partial charge in [-0.25, -0.2) is 4.79 Å². The lowest BCUT2D eigenvalue weighted by Gasteiger charge is -2.60. The summed E-state index contributed by atoms with van der Waals surface area (Å²) in [6.45, 7) is 11.5. The van der Waals surface area contributed by atoms with Crippen molar-refractivity contribution in [3.8, 4) is 28.4 Å². The van der Waals surface area contributed by atoms with Crippen molar-refractivity contribution in [1.82, 2.24) is 4.90 Å². The molecule has 11 nitrogen and oxygen atoms in total. The van der Waals surface area contributed by atoms with Crippen LogP contribution in [0.2, 0.25) is 0 Å². The summed E-state index contributed by atoms with van der Waals surface area (Å²) in [5.41, 5.74) is 4.90. The number of hydrogen-bond donors (Lipinski definition) is 2. The van der Waals surface area contributed by atoms with Gasteiger partial charge < -0.3 is 38.7 Å². The fraction of sp³-hybridized carbons (Fsp3) is 0.500. The molecule has 338 valence electrons. The first-order chi connectivity index (χ1) is 30.9. The average Bonchev–Trinajstić information content (AvgIpc) is 3.31. The van der Waals surface area contributed by atoms with Gasteiger partial charge in [-0.2, -0.15) is 0 Å². The van der Waals surface area contributed by atoms with Crippen LogP contribution in [0.3, 0.4) is 0 Å². The highest BCUT2D eigenvalue weighted by molar-refractivity contribution is 6.03. The van der Waals surface area contributed by atoms with Gasteiger partial charge in [-0.15, -0.1) is 13.2 Å². The van der Waals surface area contributed by atoms with E-state index in [1.54, 1.807) is 17.1 Å². The van der Waals surface area contributed by atoms with Crippen LogP contribution < -0.4 is 9.47 Å². The summed E-state index contributed by atoms with van der Waals surface area (Å²) in [4.78, 5) is 22.4. The molecule has 0 bridgehead atoms. The fourth-order valence-electron chi connectivity index (χ4n) is 10.0. The second-order valence-electron chi connectivity index (χ2n) is 17.1. The van der Waals surface area contributed by atoms with Crippen molar-refractivity contribution in [1.29, 1.82) is 0 Å². The molecule has 2 heterocycles. The molecule has 2 aliphatic carbocycles. The molecule has 0 aromatic heterocycles. The first kappa shape index (κ1) is 46.1. The van der Waals surface area contributed by atoms with Crippen LogP contribution in [0.5, 0.6) is 17.2 Å². The van der Waals surface area contributed by atoms with Crippen LogP contribution >= 0.6 is 0 Å². The van der Waals surface area contributed by atoms with Crippen LogP contribution in [0.4, 0.5) is 4.79 Å². The Bertz CT molecular complexity index is 2010. The van der Waals surface area contributed by atoms with Crippen molar-refractivity contribution >= 4 is 11.8 Å². The Morgan fingerprint density at radius 1 is 0.937 bits per heavy atom. The second kappa shape index (κ2) is 22.6. The third kappa shape index (κ3) is 10.7. The number of rotatable bonds is 22. The molecular weight excluding hydrogens is 797 g/mol. The zero-order valence-corrected chi connectivity index (χ0v) is 36.9. The summed E-state index contributed by atoms with van der Waals surface area (Å²) >= 11 is 0. The number of benzene rings is 3. The maximum Gasteiger partial charge on any atom is 0.410 e. The SMILES string of the molecule is C=CCCOC(=O)N(CCC)[C@H]1CC(=NOC2CCCCO2)C2=C[C@H](CCCCO)[C@@H](CCCCO)[C@@H]3c4cc(Oc5ccc(-c6ccccc6)cc5)ccc4O[C@@]1(OCC=C)[C@H]23. The molecule has 1 saturated heterocycles. The molecule has 0 spiro atoms. The lowest BCUT2D eigenvalue weighted by Crippen LogP contribution is -2.70. The van der Waals surface area contributed by atoms with Gasteiger partial charge in [0.2, 0.25) is 12.1 Å². The van der Waals surface area contributed by atoms with Gasteiger partial charge in [0.05, 0.1) is 31.5 Å². The van der Waals surface area contributed by atoms with Crippen molar-refractivity contribution in [2.75, 3.05) is 39.6 Å². The first-order valence-electron chi connectivity index (χ1n) is 23.2. The summed E-state index contributed by atoms with van der Waals surface area (Å²) < 4.78 is 33.0. The number of aliphatic hydroxyl groups excluding tert-OH is 2.